The number of hydrogen-bond donors (Lipinski definition) is 0. The van der Waals surface area contributed by atoms with Gasteiger partial charge in [-0.05, 0) is 68.5 Å². The SMILES string of the molecule is CC(C)(C)C(=O)OCn1nnc(-c2ccnc(-c3cn(CC4CCCc5ccccc54)cn3)c2)n1. The summed E-state index contributed by atoms with van der Waals surface area (Å²) in [5, 5.41) is 12.4. The lowest BCUT2D eigenvalue weighted by Gasteiger charge is -2.25. The van der Waals surface area contributed by atoms with E-state index >= 15 is 0 Å². The minimum atomic E-state index is -0.590. The number of aryl methyl sites for hydroxylation is 1. The quantitative estimate of drug-likeness (QED) is 0.387. The van der Waals surface area contributed by atoms with Gasteiger partial charge in [0.1, 0.15) is 5.69 Å². The predicted octanol–water partition coefficient (Wildman–Crippen LogP) is 4.27. The van der Waals surface area contributed by atoms with Crippen LogP contribution in [-0.2, 0) is 29.2 Å². The molecule has 1 aliphatic carbocycles. The number of imidazole rings is 1. The van der Waals surface area contributed by atoms with E-state index in [0.29, 0.717) is 11.7 Å². The molecule has 0 saturated heterocycles. The zero-order chi connectivity index (χ0) is 24.4. The summed E-state index contributed by atoms with van der Waals surface area (Å²) in [6.07, 6.45) is 9.19. The van der Waals surface area contributed by atoms with Gasteiger partial charge in [0.05, 0.1) is 17.4 Å². The summed E-state index contributed by atoms with van der Waals surface area (Å²) in [5.74, 6) is 0.599. The van der Waals surface area contributed by atoms with Crippen molar-refractivity contribution in [3.8, 4) is 22.8 Å². The summed E-state index contributed by atoms with van der Waals surface area (Å²) in [4.78, 5) is 22.3. The van der Waals surface area contributed by atoms with Gasteiger partial charge in [0.15, 0.2) is 0 Å². The van der Waals surface area contributed by atoms with Gasteiger partial charge in [-0.25, -0.2) is 4.98 Å². The topological polar surface area (TPSA) is 101 Å². The van der Waals surface area contributed by atoms with E-state index in [1.165, 1.54) is 28.8 Å². The molecule has 5 rings (SSSR count). The highest BCUT2D eigenvalue weighted by molar-refractivity contribution is 5.75. The monoisotopic (exact) mass is 471 g/mol. The first-order valence-electron chi connectivity index (χ1n) is 11.9. The van der Waals surface area contributed by atoms with Crippen LogP contribution in [0.3, 0.4) is 0 Å². The molecule has 0 bridgehead atoms. The van der Waals surface area contributed by atoms with Crippen LogP contribution in [0.5, 0.6) is 0 Å². The van der Waals surface area contributed by atoms with Crippen LogP contribution in [0.2, 0.25) is 0 Å². The van der Waals surface area contributed by atoms with Gasteiger partial charge in [-0.3, -0.25) is 9.78 Å². The Morgan fingerprint density at radius 1 is 1.14 bits per heavy atom. The van der Waals surface area contributed by atoms with Gasteiger partial charge in [0.25, 0.3) is 0 Å². The Kier molecular flexibility index (Phi) is 6.15. The van der Waals surface area contributed by atoms with Crippen LogP contribution in [0.25, 0.3) is 22.8 Å². The van der Waals surface area contributed by atoms with Gasteiger partial charge in [-0.1, -0.05) is 24.3 Å². The third-order valence-corrected chi connectivity index (χ3v) is 6.21. The molecular weight excluding hydrogens is 442 g/mol. The number of nitrogens with zero attached hydrogens (tertiary/aromatic N) is 7. The Morgan fingerprint density at radius 3 is 2.86 bits per heavy atom. The fourth-order valence-electron chi connectivity index (χ4n) is 4.35. The Balaban J connectivity index is 1.28. The molecule has 3 heterocycles. The lowest BCUT2D eigenvalue weighted by atomic mass is 9.83. The normalized spacial score (nSPS) is 15.6. The van der Waals surface area contributed by atoms with E-state index in [-0.39, 0.29) is 12.7 Å². The minimum absolute atomic E-state index is 0.0876. The Hall–Kier alpha value is -3.88. The van der Waals surface area contributed by atoms with E-state index in [4.69, 9.17) is 4.74 Å². The van der Waals surface area contributed by atoms with Crippen LogP contribution in [0.15, 0.2) is 55.1 Å². The molecule has 0 spiro atoms. The van der Waals surface area contributed by atoms with Crippen molar-refractivity contribution in [2.24, 2.45) is 5.41 Å². The van der Waals surface area contributed by atoms with Gasteiger partial charge in [0, 0.05) is 30.4 Å². The molecule has 35 heavy (non-hydrogen) atoms. The average Bonchev–Trinajstić information content (AvgIpc) is 3.52. The summed E-state index contributed by atoms with van der Waals surface area (Å²) in [5.41, 5.74) is 4.62. The number of carbonyl (C=O) groups is 1. The number of fused-ring (bicyclic) bond motifs is 1. The second kappa shape index (κ2) is 9.40. The molecule has 1 atom stereocenters. The van der Waals surface area contributed by atoms with Crippen molar-refractivity contribution < 1.29 is 9.53 Å². The van der Waals surface area contributed by atoms with E-state index in [0.717, 1.165) is 29.9 Å². The minimum Gasteiger partial charge on any atom is -0.440 e. The van der Waals surface area contributed by atoms with Gasteiger partial charge < -0.3 is 9.30 Å². The fraction of sp³-hybridized carbons (Fsp3) is 0.385. The molecule has 4 aromatic rings. The first kappa shape index (κ1) is 22.9. The predicted molar refractivity (Wildman–Crippen MR) is 130 cm³/mol. The van der Waals surface area contributed by atoms with Crippen molar-refractivity contribution in [2.45, 2.75) is 59.2 Å². The van der Waals surface area contributed by atoms with Crippen LogP contribution in [0.4, 0.5) is 0 Å². The fourth-order valence-corrected chi connectivity index (χ4v) is 4.35. The van der Waals surface area contributed by atoms with Crippen molar-refractivity contribution in [3.63, 3.8) is 0 Å². The molecule has 180 valence electrons. The van der Waals surface area contributed by atoms with E-state index in [2.05, 4.69) is 54.2 Å². The van der Waals surface area contributed by atoms with E-state index in [1.807, 2.05) is 24.7 Å². The summed E-state index contributed by atoms with van der Waals surface area (Å²) in [6.45, 7) is 6.19. The average molecular weight is 472 g/mol. The first-order chi connectivity index (χ1) is 16.9. The Labute approximate surface area is 204 Å². The molecule has 9 heteroatoms. The summed E-state index contributed by atoms with van der Waals surface area (Å²) < 4.78 is 7.40. The highest BCUT2D eigenvalue weighted by Gasteiger charge is 2.23. The van der Waals surface area contributed by atoms with Gasteiger partial charge in [0.2, 0.25) is 12.6 Å². The second-order valence-corrected chi connectivity index (χ2v) is 9.97. The summed E-state index contributed by atoms with van der Waals surface area (Å²) >= 11 is 0. The number of hydrogen-bond acceptors (Lipinski definition) is 7. The zero-order valence-electron chi connectivity index (χ0n) is 20.3. The van der Waals surface area contributed by atoms with Crippen molar-refractivity contribution >= 4 is 5.97 Å². The zero-order valence-corrected chi connectivity index (χ0v) is 20.3. The molecule has 1 aliphatic rings. The maximum Gasteiger partial charge on any atom is 0.313 e. The molecule has 0 fully saturated rings. The number of aromatic nitrogens is 7. The largest absolute Gasteiger partial charge is 0.440 e. The van der Waals surface area contributed by atoms with Crippen molar-refractivity contribution in [3.05, 3.63) is 66.2 Å². The van der Waals surface area contributed by atoms with Crippen LogP contribution >= 0.6 is 0 Å². The van der Waals surface area contributed by atoms with Crippen LogP contribution in [0, 0.1) is 5.41 Å². The number of pyridine rings is 1. The first-order valence-corrected chi connectivity index (χ1v) is 11.9. The Morgan fingerprint density at radius 2 is 2.00 bits per heavy atom. The number of rotatable bonds is 6. The van der Waals surface area contributed by atoms with Gasteiger partial charge in [-0.15, -0.1) is 15.0 Å². The summed E-state index contributed by atoms with van der Waals surface area (Å²) in [6, 6.07) is 12.5. The van der Waals surface area contributed by atoms with Crippen molar-refractivity contribution in [2.75, 3.05) is 0 Å². The van der Waals surface area contributed by atoms with Crippen LogP contribution in [-0.4, -0.2) is 40.7 Å². The van der Waals surface area contributed by atoms with Gasteiger partial charge >= 0.3 is 5.97 Å². The lowest BCUT2D eigenvalue weighted by Crippen LogP contribution is -2.24. The van der Waals surface area contributed by atoms with Crippen molar-refractivity contribution in [1.29, 1.82) is 0 Å². The lowest BCUT2D eigenvalue weighted by molar-refractivity contribution is -0.157. The van der Waals surface area contributed by atoms with Crippen molar-refractivity contribution in [1.82, 2.24) is 34.7 Å². The maximum atomic E-state index is 12.0. The standard InChI is InChI=1S/C26H29N7O2/c1-26(2,3)25(34)35-17-33-30-24(29-31-33)19-11-12-27-22(13-19)23-15-32(16-28-23)14-20-9-6-8-18-7-4-5-10-21(18)20/h4-5,7,10-13,15-16,20H,6,8-9,14,17H2,1-3H3. The Bertz CT molecular complexity index is 1340. The van der Waals surface area contributed by atoms with Crippen LogP contribution in [0.1, 0.15) is 50.7 Å². The summed E-state index contributed by atoms with van der Waals surface area (Å²) in [7, 11) is 0. The van der Waals surface area contributed by atoms with E-state index in [1.54, 1.807) is 27.0 Å². The smallest absolute Gasteiger partial charge is 0.313 e. The number of esters is 1. The number of ether oxygens (including phenoxy) is 1. The van der Waals surface area contributed by atoms with E-state index < -0.39 is 5.41 Å². The molecule has 0 N–H and O–H groups in total. The molecule has 0 saturated carbocycles. The number of carbonyl (C=O) groups excluding carboxylic acids is 1. The molecule has 9 nitrogen and oxygen atoms in total. The molecule has 3 aromatic heterocycles. The number of benzene rings is 1. The molecule has 1 unspecified atom stereocenters. The number of tetrazole rings is 1. The van der Waals surface area contributed by atoms with Gasteiger partial charge in [-0.2, -0.15) is 0 Å². The van der Waals surface area contributed by atoms with E-state index in [9.17, 15) is 4.79 Å². The molecular formula is C26H29N7O2. The molecule has 1 aromatic carbocycles. The van der Waals surface area contributed by atoms with Crippen LogP contribution < -0.4 is 0 Å². The second-order valence-electron chi connectivity index (χ2n) is 9.97. The highest BCUT2D eigenvalue weighted by atomic mass is 16.5. The highest BCUT2D eigenvalue weighted by Crippen LogP contribution is 2.33. The molecule has 0 amide bonds. The maximum absolute atomic E-state index is 12.0. The molecule has 0 aliphatic heterocycles. The third-order valence-electron chi connectivity index (χ3n) is 6.21. The molecule has 0 radical (unpaired) electrons. The third kappa shape index (κ3) is 5.13.